The summed E-state index contributed by atoms with van der Waals surface area (Å²) in [5.41, 5.74) is 4.87. The highest BCUT2D eigenvalue weighted by atomic mass is 16.5. The molecule has 2 heterocycles. The molecule has 0 spiro atoms. The molecular formula is C26H20N4O3. The van der Waals surface area contributed by atoms with Crippen molar-refractivity contribution in [1.29, 1.82) is 0 Å². The molecule has 3 aromatic carbocycles. The Balaban J connectivity index is 1.57. The molecule has 5 rings (SSSR count). The first-order valence-corrected chi connectivity index (χ1v) is 10.4. The number of ether oxygens (including phenoxy) is 1. The number of carbonyl (C=O) groups is 2. The zero-order valence-corrected chi connectivity index (χ0v) is 17.8. The topological polar surface area (TPSA) is 96.4 Å². The summed E-state index contributed by atoms with van der Waals surface area (Å²) in [6.45, 7) is 0. The molecular weight excluding hydrogens is 416 g/mol. The average Bonchev–Trinajstić information content (AvgIpc) is 3.50. The molecule has 1 aliphatic heterocycles. The van der Waals surface area contributed by atoms with Gasteiger partial charge in [0.25, 0.3) is 0 Å². The van der Waals surface area contributed by atoms with E-state index in [0.717, 1.165) is 28.2 Å². The number of hydrogen-bond donors (Lipinski definition) is 2. The van der Waals surface area contributed by atoms with E-state index in [1.165, 1.54) is 7.11 Å². The SMILES string of the molecule is COC(=O)c1ccc2c(c1)NC(=O)C2C(=Nc1ccc(-c2ncc[nH]2)cc1)c1ccccc1. The minimum Gasteiger partial charge on any atom is -0.465 e. The third kappa shape index (κ3) is 3.92. The molecule has 0 radical (unpaired) electrons. The highest BCUT2D eigenvalue weighted by Gasteiger charge is 2.36. The Hall–Kier alpha value is -4.52. The number of methoxy groups -OCH3 is 1. The maximum atomic E-state index is 13.1. The van der Waals surface area contributed by atoms with Gasteiger partial charge in [0.1, 0.15) is 11.7 Å². The molecule has 162 valence electrons. The monoisotopic (exact) mass is 436 g/mol. The number of carbonyl (C=O) groups excluding carboxylic acids is 2. The van der Waals surface area contributed by atoms with Crippen LogP contribution in [0.2, 0.25) is 0 Å². The van der Waals surface area contributed by atoms with E-state index >= 15 is 0 Å². The van der Waals surface area contributed by atoms with Crippen LogP contribution in [0.1, 0.15) is 27.4 Å². The van der Waals surface area contributed by atoms with Crippen LogP contribution >= 0.6 is 0 Å². The van der Waals surface area contributed by atoms with Gasteiger partial charge in [0.05, 0.1) is 24.1 Å². The first kappa shape index (κ1) is 20.4. The van der Waals surface area contributed by atoms with Gasteiger partial charge in [-0.3, -0.25) is 9.79 Å². The van der Waals surface area contributed by atoms with Crippen LogP contribution in [0.25, 0.3) is 11.4 Å². The Kier molecular flexibility index (Phi) is 5.28. The quantitative estimate of drug-likeness (QED) is 0.349. The van der Waals surface area contributed by atoms with Crippen LogP contribution in [0.15, 0.2) is 90.2 Å². The fourth-order valence-corrected chi connectivity index (χ4v) is 3.94. The number of nitrogens with zero attached hydrogens (tertiary/aromatic N) is 2. The Labute approximate surface area is 190 Å². The lowest BCUT2D eigenvalue weighted by Crippen LogP contribution is -2.21. The van der Waals surface area contributed by atoms with E-state index in [4.69, 9.17) is 9.73 Å². The molecule has 0 saturated heterocycles. The van der Waals surface area contributed by atoms with Gasteiger partial charge in [-0.15, -0.1) is 0 Å². The smallest absolute Gasteiger partial charge is 0.337 e. The van der Waals surface area contributed by atoms with Crippen molar-refractivity contribution in [1.82, 2.24) is 9.97 Å². The van der Waals surface area contributed by atoms with Gasteiger partial charge < -0.3 is 15.0 Å². The Bertz CT molecular complexity index is 1340. The van der Waals surface area contributed by atoms with Crippen LogP contribution in [0.3, 0.4) is 0 Å². The van der Waals surface area contributed by atoms with Crippen molar-refractivity contribution in [3.8, 4) is 11.4 Å². The van der Waals surface area contributed by atoms with Crippen LogP contribution in [0, 0.1) is 0 Å². The predicted octanol–water partition coefficient (Wildman–Crippen LogP) is 4.72. The molecule has 0 bridgehead atoms. The van der Waals surface area contributed by atoms with Crippen molar-refractivity contribution in [2.75, 3.05) is 12.4 Å². The summed E-state index contributed by atoms with van der Waals surface area (Å²) in [7, 11) is 1.33. The Morgan fingerprint density at radius 2 is 1.79 bits per heavy atom. The van der Waals surface area contributed by atoms with Gasteiger partial charge in [0.15, 0.2) is 0 Å². The van der Waals surface area contributed by atoms with Gasteiger partial charge in [-0.2, -0.15) is 0 Å². The number of esters is 1. The van der Waals surface area contributed by atoms with E-state index in [2.05, 4.69) is 15.3 Å². The number of aromatic nitrogens is 2. The lowest BCUT2D eigenvalue weighted by atomic mass is 9.90. The molecule has 2 N–H and O–H groups in total. The first-order valence-electron chi connectivity index (χ1n) is 10.4. The number of imidazole rings is 1. The van der Waals surface area contributed by atoms with Crippen molar-refractivity contribution in [3.05, 3.63) is 102 Å². The molecule has 7 nitrogen and oxygen atoms in total. The number of H-pyrrole nitrogens is 1. The van der Waals surface area contributed by atoms with Gasteiger partial charge in [0, 0.05) is 23.6 Å². The molecule has 0 fully saturated rings. The lowest BCUT2D eigenvalue weighted by molar-refractivity contribution is -0.115. The van der Waals surface area contributed by atoms with Crippen molar-refractivity contribution < 1.29 is 14.3 Å². The molecule has 7 heteroatoms. The molecule has 33 heavy (non-hydrogen) atoms. The van der Waals surface area contributed by atoms with E-state index in [9.17, 15) is 9.59 Å². The number of aromatic amines is 1. The summed E-state index contributed by atoms with van der Waals surface area (Å²) in [5.74, 6) is -0.482. The highest BCUT2D eigenvalue weighted by molar-refractivity contribution is 6.24. The van der Waals surface area contributed by atoms with Crippen molar-refractivity contribution in [3.63, 3.8) is 0 Å². The van der Waals surface area contributed by atoms with Crippen LogP contribution in [-0.4, -0.2) is 34.7 Å². The van der Waals surface area contributed by atoms with Gasteiger partial charge in [0.2, 0.25) is 5.91 Å². The number of fused-ring (bicyclic) bond motifs is 1. The van der Waals surface area contributed by atoms with Crippen LogP contribution in [0.5, 0.6) is 0 Å². The highest BCUT2D eigenvalue weighted by Crippen LogP contribution is 2.37. The maximum absolute atomic E-state index is 13.1. The number of benzene rings is 3. The average molecular weight is 436 g/mol. The first-order chi connectivity index (χ1) is 16.1. The van der Waals surface area contributed by atoms with E-state index in [-0.39, 0.29) is 5.91 Å². The maximum Gasteiger partial charge on any atom is 0.337 e. The van der Waals surface area contributed by atoms with Crippen molar-refractivity contribution in [2.24, 2.45) is 4.99 Å². The standard InChI is InChI=1S/C26H20N4O3/c1-33-26(32)18-9-12-20-21(15-18)30-25(31)22(20)23(16-5-3-2-4-6-16)29-19-10-7-17(8-11-19)24-27-13-14-28-24/h2-15,22H,1H3,(H,27,28)(H,30,31). The summed E-state index contributed by atoms with van der Waals surface area (Å²) in [5, 5.41) is 2.89. The van der Waals surface area contributed by atoms with E-state index < -0.39 is 11.9 Å². The minimum absolute atomic E-state index is 0.193. The number of hydrogen-bond acceptors (Lipinski definition) is 5. The Morgan fingerprint density at radius 3 is 2.48 bits per heavy atom. The number of nitrogens with one attached hydrogen (secondary N) is 2. The van der Waals surface area contributed by atoms with Gasteiger partial charge in [-0.05, 0) is 47.5 Å². The number of anilines is 1. The van der Waals surface area contributed by atoms with Gasteiger partial charge >= 0.3 is 5.97 Å². The summed E-state index contributed by atoms with van der Waals surface area (Å²) in [6, 6.07) is 22.4. The second-order valence-electron chi connectivity index (χ2n) is 7.56. The molecule has 1 aliphatic rings. The zero-order valence-electron chi connectivity index (χ0n) is 17.8. The molecule has 1 aromatic heterocycles. The lowest BCUT2D eigenvalue weighted by Gasteiger charge is -2.14. The van der Waals surface area contributed by atoms with Crippen molar-refractivity contribution >= 4 is 29.0 Å². The summed E-state index contributed by atoms with van der Waals surface area (Å²) < 4.78 is 4.80. The number of rotatable bonds is 5. The third-order valence-electron chi connectivity index (χ3n) is 5.54. The normalized spacial score (nSPS) is 15.1. The molecule has 4 aromatic rings. The molecule has 1 amide bonds. The zero-order chi connectivity index (χ0) is 22.8. The molecule has 1 unspecified atom stereocenters. The van der Waals surface area contributed by atoms with Gasteiger partial charge in [-0.1, -0.05) is 36.4 Å². The summed E-state index contributed by atoms with van der Waals surface area (Å²) in [4.78, 5) is 37.2. The second-order valence-corrected chi connectivity index (χ2v) is 7.56. The number of aliphatic imine (C=N–C) groups is 1. The molecule has 0 saturated carbocycles. The van der Waals surface area contributed by atoms with E-state index in [1.54, 1.807) is 30.6 Å². The third-order valence-corrected chi connectivity index (χ3v) is 5.54. The van der Waals surface area contributed by atoms with Crippen molar-refractivity contribution in [2.45, 2.75) is 5.92 Å². The Morgan fingerprint density at radius 1 is 1.00 bits per heavy atom. The van der Waals surface area contributed by atoms with Crippen LogP contribution in [-0.2, 0) is 9.53 Å². The second kappa shape index (κ2) is 8.55. The molecule has 1 atom stereocenters. The summed E-state index contributed by atoms with van der Waals surface area (Å²) >= 11 is 0. The predicted molar refractivity (Wildman–Crippen MR) is 126 cm³/mol. The fraction of sp³-hybridized carbons (Fsp3) is 0.0769. The van der Waals surface area contributed by atoms with Crippen LogP contribution in [0.4, 0.5) is 11.4 Å². The number of amides is 1. The fourth-order valence-electron chi connectivity index (χ4n) is 3.94. The molecule has 0 aliphatic carbocycles. The van der Waals surface area contributed by atoms with E-state index in [0.29, 0.717) is 17.0 Å². The summed E-state index contributed by atoms with van der Waals surface area (Å²) in [6.07, 6.45) is 3.48. The van der Waals surface area contributed by atoms with Crippen LogP contribution < -0.4 is 5.32 Å². The van der Waals surface area contributed by atoms with Gasteiger partial charge in [-0.25, -0.2) is 9.78 Å². The largest absolute Gasteiger partial charge is 0.465 e. The minimum atomic E-state index is -0.612. The van der Waals surface area contributed by atoms with E-state index in [1.807, 2.05) is 54.6 Å².